The lowest BCUT2D eigenvalue weighted by molar-refractivity contribution is 0.0724. The molecule has 1 heterocycles. The fourth-order valence-electron chi connectivity index (χ4n) is 1.67. The van der Waals surface area contributed by atoms with Crippen molar-refractivity contribution in [3.05, 3.63) is 16.1 Å². The Morgan fingerprint density at radius 1 is 1.60 bits per heavy atom. The molecule has 0 amide bonds. The van der Waals surface area contributed by atoms with Gasteiger partial charge in [0.05, 0.1) is 16.8 Å². The fourth-order valence-corrected chi connectivity index (χ4v) is 2.29. The molecular formula is C11H20N2OS. The first-order chi connectivity index (χ1) is 7.17. The van der Waals surface area contributed by atoms with Crippen molar-refractivity contribution in [2.24, 2.45) is 5.73 Å². The van der Waals surface area contributed by atoms with Crippen molar-refractivity contribution in [1.82, 2.24) is 4.98 Å². The summed E-state index contributed by atoms with van der Waals surface area (Å²) in [7, 11) is 1.73. The Morgan fingerprint density at radius 2 is 2.33 bits per heavy atom. The summed E-state index contributed by atoms with van der Waals surface area (Å²) < 4.78 is 5.38. The maximum Gasteiger partial charge on any atom is 0.0897 e. The van der Waals surface area contributed by atoms with Gasteiger partial charge in [-0.1, -0.05) is 13.3 Å². The van der Waals surface area contributed by atoms with Crippen molar-refractivity contribution in [3.8, 4) is 0 Å². The van der Waals surface area contributed by atoms with Crippen LogP contribution >= 0.6 is 11.3 Å². The third kappa shape index (κ3) is 3.89. The molecular weight excluding hydrogens is 208 g/mol. The Balaban J connectivity index is 2.49. The Bertz CT molecular complexity index is 288. The number of aromatic nitrogens is 1. The lowest BCUT2D eigenvalue weighted by Crippen LogP contribution is -2.38. The van der Waals surface area contributed by atoms with Crippen LogP contribution in [0.4, 0.5) is 0 Å². The van der Waals surface area contributed by atoms with Crippen LogP contribution in [0.2, 0.25) is 0 Å². The van der Waals surface area contributed by atoms with Crippen LogP contribution < -0.4 is 5.73 Å². The van der Waals surface area contributed by atoms with Crippen LogP contribution in [0, 0.1) is 6.92 Å². The minimum atomic E-state index is 0.0523. The van der Waals surface area contributed by atoms with Crippen LogP contribution in [0.25, 0.3) is 0 Å². The van der Waals surface area contributed by atoms with Gasteiger partial charge in [-0.3, -0.25) is 0 Å². The molecule has 86 valence electrons. The molecule has 3 nitrogen and oxygen atoms in total. The number of methoxy groups -OCH3 is 1. The number of nitrogens with two attached hydrogens (primary N) is 1. The number of rotatable bonds is 6. The van der Waals surface area contributed by atoms with Crippen molar-refractivity contribution < 1.29 is 4.74 Å². The fraction of sp³-hybridized carbons (Fsp3) is 0.727. The molecule has 1 aromatic rings. The van der Waals surface area contributed by atoms with E-state index in [2.05, 4.69) is 17.3 Å². The average Bonchev–Trinajstić information content (AvgIpc) is 2.60. The van der Waals surface area contributed by atoms with Crippen LogP contribution in [0.1, 0.15) is 30.5 Å². The molecule has 0 aliphatic carbocycles. The van der Waals surface area contributed by atoms with E-state index in [0.29, 0.717) is 0 Å². The first-order valence-electron chi connectivity index (χ1n) is 5.36. The molecule has 0 saturated carbocycles. The van der Waals surface area contributed by atoms with E-state index < -0.39 is 0 Å². The monoisotopic (exact) mass is 228 g/mol. The summed E-state index contributed by atoms with van der Waals surface area (Å²) in [6, 6.07) is 0.0523. The molecule has 0 aromatic carbocycles. The maximum absolute atomic E-state index is 6.10. The summed E-state index contributed by atoms with van der Waals surface area (Å²) in [4.78, 5) is 4.41. The highest BCUT2D eigenvalue weighted by atomic mass is 32.1. The Morgan fingerprint density at radius 3 is 2.80 bits per heavy atom. The van der Waals surface area contributed by atoms with Crippen molar-refractivity contribution in [1.29, 1.82) is 0 Å². The lowest BCUT2D eigenvalue weighted by atomic mass is 10.0. The van der Waals surface area contributed by atoms with Gasteiger partial charge in [-0.25, -0.2) is 4.98 Å². The minimum absolute atomic E-state index is 0.0523. The van der Waals surface area contributed by atoms with Crippen LogP contribution in [-0.2, 0) is 11.2 Å². The minimum Gasteiger partial charge on any atom is -0.380 e. The molecule has 0 saturated heterocycles. The van der Waals surface area contributed by atoms with Crippen LogP contribution in [0.5, 0.6) is 0 Å². The zero-order chi connectivity index (χ0) is 11.3. The van der Waals surface area contributed by atoms with Gasteiger partial charge in [0, 0.05) is 25.0 Å². The SMILES string of the molecule is CCCC(OC)C(N)Cc1csc(C)n1. The molecule has 1 rings (SSSR count). The van der Waals surface area contributed by atoms with Gasteiger partial charge < -0.3 is 10.5 Å². The third-order valence-corrected chi connectivity index (χ3v) is 3.29. The highest BCUT2D eigenvalue weighted by molar-refractivity contribution is 7.09. The van der Waals surface area contributed by atoms with Gasteiger partial charge in [-0.2, -0.15) is 0 Å². The summed E-state index contributed by atoms with van der Waals surface area (Å²) in [5, 5.41) is 3.18. The smallest absolute Gasteiger partial charge is 0.0897 e. The first-order valence-corrected chi connectivity index (χ1v) is 6.24. The molecule has 0 aliphatic heterocycles. The second kappa shape index (κ2) is 6.20. The number of hydrogen-bond acceptors (Lipinski definition) is 4. The van der Waals surface area contributed by atoms with Crippen LogP contribution in [0.3, 0.4) is 0 Å². The van der Waals surface area contributed by atoms with E-state index in [0.717, 1.165) is 30.0 Å². The number of thiazole rings is 1. The topological polar surface area (TPSA) is 48.1 Å². The van der Waals surface area contributed by atoms with E-state index in [1.165, 1.54) is 0 Å². The Labute approximate surface area is 95.7 Å². The van der Waals surface area contributed by atoms with Gasteiger partial charge in [0.25, 0.3) is 0 Å². The zero-order valence-corrected chi connectivity index (χ0v) is 10.5. The molecule has 4 heteroatoms. The molecule has 0 fully saturated rings. The van der Waals surface area contributed by atoms with E-state index in [9.17, 15) is 0 Å². The predicted octanol–water partition coefficient (Wildman–Crippen LogP) is 2.14. The molecule has 1 aromatic heterocycles. The van der Waals surface area contributed by atoms with E-state index in [1.807, 2.05) is 6.92 Å². The molecule has 2 atom stereocenters. The summed E-state index contributed by atoms with van der Waals surface area (Å²) in [5.41, 5.74) is 7.18. The molecule has 0 radical (unpaired) electrons. The summed E-state index contributed by atoms with van der Waals surface area (Å²) >= 11 is 1.67. The summed E-state index contributed by atoms with van der Waals surface area (Å²) in [6.45, 7) is 4.16. The van der Waals surface area contributed by atoms with Gasteiger partial charge >= 0.3 is 0 Å². The van der Waals surface area contributed by atoms with Crippen LogP contribution in [0.15, 0.2) is 5.38 Å². The van der Waals surface area contributed by atoms with E-state index in [-0.39, 0.29) is 12.1 Å². The standard InChI is InChI=1S/C11H20N2OS/c1-4-5-11(14-3)10(12)6-9-7-15-8(2)13-9/h7,10-11H,4-6,12H2,1-3H3. The number of aryl methyl sites for hydroxylation is 1. The van der Waals surface area contributed by atoms with Crippen LogP contribution in [-0.4, -0.2) is 24.2 Å². The largest absolute Gasteiger partial charge is 0.380 e. The lowest BCUT2D eigenvalue weighted by Gasteiger charge is -2.21. The van der Waals surface area contributed by atoms with Gasteiger partial charge in [0.15, 0.2) is 0 Å². The van der Waals surface area contributed by atoms with E-state index in [1.54, 1.807) is 18.4 Å². The maximum atomic E-state index is 6.10. The van der Waals surface area contributed by atoms with Gasteiger partial charge in [0.2, 0.25) is 0 Å². The summed E-state index contributed by atoms with van der Waals surface area (Å²) in [5.74, 6) is 0. The van der Waals surface area contributed by atoms with E-state index >= 15 is 0 Å². The molecule has 0 bridgehead atoms. The van der Waals surface area contributed by atoms with E-state index in [4.69, 9.17) is 10.5 Å². The molecule has 2 unspecified atom stereocenters. The quantitative estimate of drug-likeness (QED) is 0.811. The van der Waals surface area contributed by atoms with Crippen molar-refractivity contribution >= 4 is 11.3 Å². The molecule has 0 aliphatic rings. The normalized spacial score (nSPS) is 15.2. The summed E-state index contributed by atoms with van der Waals surface area (Å²) in [6.07, 6.45) is 3.07. The van der Waals surface area contributed by atoms with Crippen molar-refractivity contribution in [2.45, 2.75) is 45.3 Å². The predicted molar refractivity (Wildman–Crippen MR) is 64.2 cm³/mol. The highest BCUT2D eigenvalue weighted by Crippen LogP contribution is 2.13. The number of nitrogens with zero attached hydrogens (tertiary/aromatic N) is 1. The average molecular weight is 228 g/mol. The number of ether oxygens (including phenoxy) is 1. The van der Waals surface area contributed by atoms with Crippen molar-refractivity contribution in [3.63, 3.8) is 0 Å². The van der Waals surface area contributed by atoms with Crippen molar-refractivity contribution in [2.75, 3.05) is 7.11 Å². The number of hydrogen-bond donors (Lipinski definition) is 1. The van der Waals surface area contributed by atoms with Gasteiger partial charge in [-0.05, 0) is 13.3 Å². The van der Waals surface area contributed by atoms with Gasteiger partial charge in [0.1, 0.15) is 0 Å². The zero-order valence-electron chi connectivity index (χ0n) is 9.69. The second-order valence-electron chi connectivity index (χ2n) is 3.79. The third-order valence-electron chi connectivity index (χ3n) is 2.46. The van der Waals surface area contributed by atoms with Gasteiger partial charge in [-0.15, -0.1) is 11.3 Å². The molecule has 2 N–H and O–H groups in total. The Hall–Kier alpha value is -0.450. The molecule has 0 spiro atoms. The molecule has 15 heavy (non-hydrogen) atoms. The Kier molecular flexibility index (Phi) is 5.22. The highest BCUT2D eigenvalue weighted by Gasteiger charge is 2.17. The second-order valence-corrected chi connectivity index (χ2v) is 4.85. The first kappa shape index (κ1) is 12.6.